The van der Waals surface area contributed by atoms with E-state index >= 15 is 0 Å². The Hall–Kier alpha value is -2.33. The molecule has 0 aliphatic carbocycles. The summed E-state index contributed by atoms with van der Waals surface area (Å²) in [5, 5.41) is 4.21. The molecule has 182 valence electrons. The van der Waals surface area contributed by atoms with E-state index in [0.717, 1.165) is 70.3 Å². The molecule has 1 aliphatic rings. The van der Waals surface area contributed by atoms with Crippen LogP contribution in [0.2, 0.25) is 0 Å². The molecule has 1 saturated heterocycles. The van der Waals surface area contributed by atoms with E-state index in [2.05, 4.69) is 29.2 Å². The second-order valence-electron chi connectivity index (χ2n) is 9.11. The van der Waals surface area contributed by atoms with Crippen molar-refractivity contribution in [1.29, 1.82) is 0 Å². The van der Waals surface area contributed by atoms with Gasteiger partial charge >= 0.3 is 0 Å². The predicted octanol–water partition coefficient (Wildman–Crippen LogP) is 4.19. The first-order valence-corrected chi connectivity index (χ1v) is 13.4. The number of hydrogen-bond donors (Lipinski definition) is 1. The fraction of sp³-hybridized carbons (Fsp3) is 0.480. The second-order valence-corrected chi connectivity index (χ2v) is 11.1. The van der Waals surface area contributed by atoms with E-state index in [1.165, 1.54) is 6.42 Å². The molecule has 0 unspecified atom stereocenters. The molecule has 3 aromatic rings. The summed E-state index contributed by atoms with van der Waals surface area (Å²) in [6.07, 6.45) is 1.82. The molecule has 0 spiro atoms. The highest BCUT2D eigenvalue weighted by molar-refractivity contribution is 7.16. The van der Waals surface area contributed by atoms with Crippen LogP contribution >= 0.6 is 22.7 Å². The first-order valence-electron chi connectivity index (χ1n) is 11.7. The average molecular weight is 500 g/mol. The smallest absolute Gasteiger partial charge is 0.248 e. The van der Waals surface area contributed by atoms with Gasteiger partial charge in [-0.15, -0.1) is 22.7 Å². The Bertz CT molecular complexity index is 1140. The van der Waals surface area contributed by atoms with Crippen molar-refractivity contribution in [2.45, 2.75) is 46.3 Å². The number of hydrogen-bond acceptors (Lipinski definition) is 8. The predicted molar refractivity (Wildman–Crippen MR) is 139 cm³/mol. The van der Waals surface area contributed by atoms with Crippen molar-refractivity contribution >= 4 is 28.6 Å². The minimum atomic E-state index is -0.443. The molecular formula is C25H33N5O2S2. The van der Waals surface area contributed by atoms with Gasteiger partial charge in [0.25, 0.3) is 0 Å². The molecule has 2 aromatic heterocycles. The molecule has 0 radical (unpaired) electrons. The van der Waals surface area contributed by atoms with Gasteiger partial charge in [0.05, 0.1) is 33.9 Å². The van der Waals surface area contributed by atoms with Crippen LogP contribution in [0.15, 0.2) is 23.6 Å². The van der Waals surface area contributed by atoms with Crippen LogP contribution in [0.25, 0.3) is 10.6 Å². The van der Waals surface area contributed by atoms with Crippen LogP contribution in [0.5, 0.6) is 5.75 Å². The highest BCUT2D eigenvalue weighted by Crippen LogP contribution is 2.33. The lowest BCUT2D eigenvalue weighted by Crippen LogP contribution is -2.28. The highest BCUT2D eigenvalue weighted by atomic mass is 32.1. The largest absolute Gasteiger partial charge is 0.491 e. The molecular weight excluding hydrogens is 466 g/mol. The minimum absolute atomic E-state index is 0.0351. The van der Waals surface area contributed by atoms with Gasteiger partial charge in [0.15, 0.2) is 0 Å². The number of aromatic nitrogens is 2. The zero-order chi connectivity index (χ0) is 24.2. The highest BCUT2D eigenvalue weighted by Gasteiger charge is 2.18. The van der Waals surface area contributed by atoms with Gasteiger partial charge in [-0.25, -0.2) is 9.97 Å². The summed E-state index contributed by atoms with van der Waals surface area (Å²) < 4.78 is 5.96. The van der Waals surface area contributed by atoms with Gasteiger partial charge in [-0.05, 0) is 65.5 Å². The maximum atomic E-state index is 11.7. The summed E-state index contributed by atoms with van der Waals surface area (Å²) in [6.45, 7) is 11.4. The van der Waals surface area contributed by atoms with E-state index in [1.807, 2.05) is 26.0 Å². The number of amides is 1. The Morgan fingerprint density at radius 3 is 2.76 bits per heavy atom. The molecule has 1 aromatic carbocycles. The summed E-state index contributed by atoms with van der Waals surface area (Å²) in [6, 6.07) is 5.35. The molecule has 2 N–H and O–H groups in total. The van der Waals surface area contributed by atoms with Crippen molar-refractivity contribution in [2.75, 3.05) is 33.2 Å². The van der Waals surface area contributed by atoms with Crippen LogP contribution in [0.1, 0.15) is 51.9 Å². The third kappa shape index (κ3) is 6.21. The quantitative estimate of drug-likeness (QED) is 0.500. The van der Waals surface area contributed by atoms with Gasteiger partial charge in [-0.3, -0.25) is 9.69 Å². The van der Waals surface area contributed by atoms with Gasteiger partial charge in [0, 0.05) is 36.0 Å². The fourth-order valence-corrected chi connectivity index (χ4v) is 6.06. The van der Waals surface area contributed by atoms with Crippen molar-refractivity contribution in [1.82, 2.24) is 19.8 Å². The second kappa shape index (κ2) is 10.9. The van der Waals surface area contributed by atoms with Crippen molar-refractivity contribution in [3.63, 3.8) is 0 Å². The topological polar surface area (TPSA) is 84.6 Å². The van der Waals surface area contributed by atoms with Gasteiger partial charge in [-0.2, -0.15) is 0 Å². The third-order valence-electron chi connectivity index (χ3n) is 5.85. The number of benzene rings is 1. The summed E-state index contributed by atoms with van der Waals surface area (Å²) in [4.78, 5) is 27.5. The van der Waals surface area contributed by atoms with Crippen LogP contribution < -0.4 is 10.5 Å². The third-order valence-corrected chi connectivity index (χ3v) is 7.86. The Balaban J connectivity index is 1.51. The van der Waals surface area contributed by atoms with Crippen molar-refractivity contribution in [2.24, 2.45) is 5.73 Å². The number of likely N-dealkylation sites (N-methyl/N-ethyl adjacent to an activating group) is 1. The number of thiazole rings is 2. The zero-order valence-electron chi connectivity index (χ0n) is 20.3. The Labute approximate surface area is 209 Å². The van der Waals surface area contributed by atoms with E-state index in [-0.39, 0.29) is 6.10 Å². The molecule has 7 nitrogen and oxygen atoms in total. The summed E-state index contributed by atoms with van der Waals surface area (Å²) in [5.74, 6) is 0.317. The maximum absolute atomic E-state index is 11.7. The molecule has 1 amide bonds. The molecule has 1 fully saturated rings. The Morgan fingerprint density at radius 2 is 2.00 bits per heavy atom. The molecule has 4 rings (SSSR count). The number of ether oxygens (including phenoxy) is 1. The van der Waals surface area contributed by atoms with Gasteiger partial charge in [0.2, 0.25) is 5.91 Å². The first-order chi connectivity index (χ1) is 16.3. The Morgan fingerprint density at radius 1 is 1.18 bits per heavy atom. The van der Waals surface area contributed by atoms with Crippen LogP contribution in [0.3, 0.4) is 0 Å². The molecule has 0 atom stereocenters. The number of primary amides is 1. The average Bonchev–Trinajstić information content (AvgIpc) is 3.32. The van der Waals surface area contributed by atoms with Crippen molar-refractivity contribution < 1.29 is 9.53 Å². The van der Waals surface area contributed by atoms with E-state index in [0.29, 0.717) is 12.0 Å². The van der Waals surface area contributed by atoms with Crippen LogP contribution in [0.4, 0.5) is 0 Å². The van der Waals surface area contributed by atoms with Crippen LogP contribution in [-0.2, 0) is 13.0 Å². The molecule has 34 heavy (non-hydrogen) atoms. The standard InChI is InChI=1S/C25H33N5O2S2/c1-16(2)32-21-7-6-18(25(26)31)12-19(21)13-22-28-20(15-33-22)24-17(3)27-23(34-24)14-30-9-5-8-29(4)10-11-30/h6-7,12,15-16H,5,8-11,13-14H2,1-4H3,(H2,26,31). The van der Waals surface area contributed by atoms with E-state index in [4.69, 9.17) is 20.4 Å². The fourth-order valence-electron chi connectivity index (χ4n) is 4.11. The van der Waals surface area contributed by atoms with Crippen LogP contribution in [0, 0.1) is 6.92 Å². The summed E-state index contributed by atoms with van der Waals surface area (Å²) in [7, 11) is 2.19. The Kier molecular flexibility index (Phi) is 7.98. The SMILES string of the molecule is Cc1nc(CN2CCCN(C)CC2)sc1-c1csc(Cc2cc(C(N)=O)ccc2OC(C)C)n1. The zero-order valence-corrected chi connectivity index (χ0v) is 22.0. The molecule has 0 bridgehead atoms. The number of nitrogens with two attached hydrogens (primary N) is 1. The van der Waals surface area contributed by atoms with Crippen molar-refractivity contribution in [3.05, 3.63) is 50.4 Å². The van der Waals surface area contributed by atoms with E-state index < -0.39 is 5.91 Å². The summed E-state index contributed by atoms with van der Waals surface area (Å²) >= 11 is 3.36. The number of aryl methyl sites for hydroxylation is 1. The minimum Gasteiger partial charge on any atom is -0.491 e. The molecule has 3 heterocycles. The normalized spacial score (nSPS) is 15.6. The van der Waals surface area contributed by atoms with E-state index in [9.17, 15) is 4.79 Å². The molecule has 9 heteroatoms. The lowest BCUT2D eigenvalue weighted by atomic mass is 10.1. The number of nitrogens with zero attached hydrogens (tertiary/aromatic N) is 4. The lowest BCUT2D eigenvalue weighted by molar-refractivity contribution is 0.1000. The number of carbonyl (C=O) groups is 1. The van der Waals surface area contributed by atoms with Gasteiger partial charge in [0.1, 0.15) is 10.8 Å². The van der Waals surface area contributed by atoms with Gasteiger partial charge in [-0.1, -0.05) is 0 Å². The molecule has 0 saturated carbocycles. The first kappa shape index (κ1) is 24.8. The summed E-state index contributed by atoms with van der Waals surface area (Å²) in [5.41, 5.74) is 8.90. The van der Waals surface area contributed by atoms with Gasteiger partial charge < -0.3 is 15.4 Å². The lowest BCUT2D eigenvalue weighted by Gasteiger charge is -2.18. The van der Waals surface area contributed by atoms with E-state index in [1.54, 1.807) is 28.7 Å². The van der Waals surface area contributed by atoms with Crippen LogP contribution in [-0.4, -0.2) is 65.0 Å². The number of carbonyl (C=O) groups excluding carboxylic acids is 1. The molecule has 1 aliphatic heterocycles. The monoisotopic (exact) mass is 499 g/mol. The maximum Gasteiger partial charge on any atom is 0.248 e. The number of rotatable bonds is 8. The van der Waals surface area contributed by atoms with Crippen molar-refractivity contribution in [3.8, 4) is 16.3 Å².